The minimum atomic E-state index is -0.205. The molecule has 1 N–H and O–H groups in total. The second-order valence-corrected chi connectivity index (χ2v) is 7.51. The van der Waals surface area contributed by atoms with E-state index in [1.807, 2.05) is 39.6 Å². The van der Waals surface area contributed by atoms with Gasteiger partial charge in [0.2, 0.25) is 4.77 Å². The molecule has 0 amide bonds. The van der Waals surface area contributed by atoms with Gasteiger partial charge in [0.05, 0.1) is 6.04 Å². The molecule has 1 saturated carbocycles. The summed E-state index contributed by atoms with van der Waals surface area (Å²) < 4.78 is 17.8. The maximum atomic E-state index is 13.2. The first-order chi connectivity index (χ1) is 13.7. The van der Waals surface area contributed by atoms with Crippen LogP contribution in [0.5, 0.6) is 0 Å². The van der Waals surface area contributed by atoms with E-state index in [9.17, 15) is 4.39 Å². The van der Waals surface area contributed by atoms with E-state index in [0.29, 0.717) is 24.0 Å². The lowest BCUT2D eigenvalue weighted by atomic mass is 10.2. The maximum Gasteiger partial charge on any atom is 0.203 e. The van der Waals surface area contributed by atoms with E-state index in [1.54, 1.807) is 12.4 Å². The second-order valence-electron chi connectivity index (χ2n) is 7.14. The zero-order valence-corrected chi connectivity index (χ0v) is 16.4. The summed E-state index contributed by atoms with van der Waals surface area (Å²) in [6.45, 7) is 5.95. The summed E-state index contributed by atoms with van der Waals surface area (Å²) in [6, 6.07) is 11.2. The number of rotatable bonds is 8. The monoisotopic (exact) mass is 396 g/mol. The molecule has 3 aromatic rings. The van der Waals surface area contributed by atoms with Gasteiger partial charge in [-0.25, -0.2) is 4.39 Å². The van der Waals surface area contributed by atoms with E-state index < -0.39 is 0 Å². The molecule has 0 bridgehead atoms. The fourth-order valence-corrected chi connectivity index (χ4v) is 3.69. The molecule has 1 aromatic carbocycles. The van der Waals surface area contributed by atoms with Crippen LogP contribution in [0, 0.1) is 10.6 Å². The van der Waals surface area contributed by atoms with Crippen molar-refractivity contribution in [1.29, 1.82) is 0 Å². The SMILES string of the molecule is C=CCn1c(-c2cccnc2)nn(C[NH+](Cc2ccc(F)cc2)C2CC2)c1=S. The van der Waals surface area contributed by atoms with Crippen molar-refractivity contribution in [2.24, 2.45) is 0 Å². The van der Waals surface area contributed by atoms with Gasteiger partial charge in [-0.05, 0) is 36.5 Å². The molecule has 0 radical (unpaired) electrons. The first-order valence-corrected chi connectivity index (χ1v) is 9.84. The van der Waals surface area contributed by atoms with Crippen LogP contribution in [0.15, 0.2) is 61.4 Å². The predicted molar refractivity (Wildman–Crippen MR) is 109 cm³/mol. The summed E-state index contributed by atoms with van der Waals surface area (Å²) in [5, 5.41) is 4.81. The molecule has 4 rings (SSSR count). The van der Waals surface area contributed by atoms with Crippen LogP contribution in [-0.4, -0.2) is 25.4 Å². The number of nitrogens with zero attached hydrogens (tertiary/aromatic N) is 4. The number of aromatic nitrogens is 4. The molecular formula is C21H23FN5S+. The van der Waals surface area contributed by atoms with Gasteiger partial charge in [-0.3, -0.25) is 9.55 Å². The maximum absolute atomic E-state index is 13.2. The zero-order chi connectivity index (χ0) is 19.5. The molecule has 0 saturated heterocycles. The third-order valence-corrected chi connectivity index (χ3v) is 5.44. The van der Waals surface area contributed by atoms with Gasteiger partial charge in [-0.15, -0.1) is 11.7 Å². The first-order valence-electron chi connectivity index (χ1n) is 9.43. The van der Waals surface area contributed by atoms with Gasteiger partial charge in [0.15, 0.2) is 12.5 Å². The van der Waals surface area contributed by atoms with Crippen molar-refractivity contribution in [3.05, 3.63) is 77.6 Å². The second kappa shape index (κ2) is 8.16. The van der Waals surface area contributed by atoms with Crippen LogP contribution in [0.4, 0.5) is 4.39 Å². The first kappa shape index (κ1) is 18.7. The molecule has 1 unspecified atom stereocenters. The number of quaternary nitrogens is 1. The number of hydrogen-bond acceptors (Lipinski definition) is 3. The average molecular weight is 397 g/mol. The Morgan fingerprint density at radius 3 is 2.68 bits per heavy atom. The van der Waals surface area contributed by atoms with Crippen molar-refractivity contribution < 1.29 is 9.29 Å². The molecule has 28 heavy (non-hydrogen) atoms. The average Bonchev–Trinajstić information content (AvgIpc) is 3.51. The Hall–Kier alpha value is -2.64. The Morgan fingerprint density at radius 1 is 1.25 bits per heavy atom. The van der Waals surface area contributed by atoms with E-state index in [4.69, 9.17) is 17.3 Å². The van der Waals surface area contributed by atoms with Crippen molar-refractivity contribution in [2.45, 2.75) is 38.6 Å². The van der Waals surface area contributed by atoms with Crippen LogP contribution in [0.25, 0.3) is 11.4 Å². The summed E-state index contributed by atoms with van der Waals surface area (Å²) in [5.41, 5.74) is 2.05. The molecule has 1 fully saturated rings. The summed E-state index contributed by atoms with van der Waals surface area (Å²) in [5.74, 6) is 0.596. The third-order valence-electron chi connectivity index (χ3n) is 5.01. The number of pyridine rings is 1. The molecule has 2 heterocycles. The Labute approximate surface area is 168 Å². The van der Waals surface area contributed by atoms with Gasteiger partial charge in [0.25, 0.3) is 0 Å². The van der Waals surface area contributed by atoms with Gasteiger partial charge < -0.3 is 4.90 Å². The van der Waals surface area contributed by atoms with Crippen molar-refractivity contribution in [3.63, 3.8) is 0 Å². The largest absolute Gasteiger partial charge is 0.310 e. The van der Waals surface area contributed by atoms with E-state index in [0.717, 1.165) is 23.5 Å². The van der Waals surface area contributed by atoms with E-state index in [1.165, 1.54) is 29.9 Å². The molecule has 1 aliphatic carbocycles. The molecule has 1 aliphatic rings. The summed E-state index contributed by atoms with van der Waals surface area (Å²) >= 11 is 5.72. The van der Waals surface area contributed by atoms with Crippen molar-refractivity contribution in [3.8, 4) is 11.4 Å². The number of benzene rings is 1. The lowest BCUT2D eigenvalue weighted by Gasteiger charge is -2.19. The van der Waals surface area contributed by atoms with Gasteiger partial charge in [-0.1, -0.05) is 18.2 Å². The van der Waals surface area contributed by atoms with Crippen LogP contribution in [-0.2, 0) is 19.8 Å². The Balaban J connectivity index is 1.63. The molecule has 7 heteroatoms. The highest BCUT2D eigenvalue weighted by molar-refractivity contribution is 7.71. The minimum absolute atomic E-state index is 0.205. The smallest absolute Gasteiger partial charge is 0.203 e. The van der Waals surface area contributed by atoms with Gasteiger partial charge in [0, 0.05) is 42.9 Å². The number of nitrogens with one attached hydrogen (secondary N) is 1. The predicted octanol–water partition coefficient (Wildman–Crippen LogP) is 3.01. The summed E-state index contributed by atoms with van der Waals surface area (Å²) in [7, 11) is 0. The molecule has 5 nitrogen and oxygen atoms in total. The summed E-state index contributed by atoms with van der Waals surface area (Å²) in [4.78, 5) is 5.60. The van der Waals surface area contributed by atoms with E-state index in [-0.39, 0.29) is 5.82 Å². The van der Waals surface area contributed by atoms with Crippen LogP contribution in [0.3, 0.4) is 0 Å². The molecule has 1 atom stereocenters. The minimum Gasteiger partial charge on any atom is -0.310 e. The van der Waals surface area contributed by atoms with Crippen molar-refractivity contribution >= 4 is 12.2 Å². The molecule has 2 aromatic heterocycles. The topological polar surface area (TPSA) is 40.1 Å². The Morgan fingerprint density at radius 2 is 2.04 bits per heavy atom. The lowest BCUT2D eigenvalue weighted by molar-refractivity contribution is -0.947. The molecular weight excluding hydrogens is 373 g/mol. The quantitative estimate of drug-likeness (QED) is 0.470. The zero-order valence-electron chi connectivity index (χ0n) is 15.6. The van der Waals surface area contributed by atoms with Crippen LogP contribution in [0.1, 0.15) is 18.4 Å². The molecule has 0 aliphatic heterocycles. The Bertz CT molecular complexity index is 1010. The standard InChI is InChI=1S/C21H22FN5S/c1-2-12-26-20(17-4-3-11-23-13-17)24-27(21(26)28)15-25(19-9-10-19)14-16-5-7-18(22)8-6-16/h2-8,11,13,19H,1,9-10,12,14-15H2/p+1. The van der Waals surface area contributed by atoms with Gasteiger partial charge in [-0.2, -0.15) is 4.68 Å². The van der Waals surface area contributed by atoms with E-state index in [2.05, 4.69) is 11.6 Å². The van der Waals surface area contributed by atoms with Crippen LogP contribution < -0.4 is 4.90 Å². The number of halogens is 1. The fourth-order valence-electron chi connectivity index (χ4n) is 3.42. The summed E-state index contributed by atoms with van der Waals surface area (Å²) in [6.07, 6.45) is 7.77. The van der Waals surface area contributed by atoms with Crippen LogP contribution in [0.2, 0.25) is 0 Å². The fraction of sp³-hybridized carbons (Fsp3) is 0.286. The Kier molecular flexibility index (Phi) is 5.45. The van der Waals surface area contributed by atoms with Crippen molar-refractivity contribution in [2.75, 3.05) is 0 Å². The van der Waals surface area contributed by atoms with E-state index >= 15 is 0 Å². The highest BCUT2D eigenvalue weighted by Gasteiger charge is 2.34. The molecule has 0 spiro atoms. The normalized spacial score (nSPS) is 14.8. The van der Waals surface area contributed by atoms with Crippen molar-refractivity contribution in [1.82, 2.24) is 19.3 Å². The number of hydrogen-bond donors (Lipinski definition) is 1. The lowest BCUT2D eigenvalue weighted by Crippen LogP contribution is -3.11. The highest BCUT2D eigenvalue weighted by atomic mass is 32.1. The third kappa shape index (κ3) is 4.10. The van der Waals surface area contributed by atoms with Crippen LogP contribution >= 0.6 is 12.2 Å². The van der Waals surface area contributed by atoms with Gasteiger partial charge in [0.1, 0.15) is 12.4 Å². The van der Waals surface area contributed by atoms with Gasteiger partial charge >= 0.3 is 0 Å². The number of allylic oxidation sites excluding steroid dienone is 1. The highest BCUT2D eigenvalue weighted by Crippen LogP contribution is 2.18. The molecule has 144 valence electrons.